The minimum atomic E-state index is -0.244. The monoisotopic (exact) mass is 1850 g/mol. The lowest BCUT2D eigenvalue weighted by Crippen LogP contribution is -2.26. The number of pyridine rings is 5. The average molecular weight is 1850 g/mol. The molecule has 0 radical (unpaired) electrons. The lowest BCUT2D eigenvalue weighted by atomic mass is 9.98. The Kier molecular flexibility index (Phi) is 24.4. The number of benzene rings is 8. The van der Waals surface area contributed by atoms with Gasteiger partial charge in [-0.3, -0.25) is 47.1 Å². The Morgan fingerprint density at radius 1 is 0.318 bits per heavy atom. The van der Waals surface area contributed by atoms with E-state index in [2.05, 4.69) is 103 Å². The van der Waals surface area contributed by atoms with Crippen LogP contribution in [0.25, 0.3) is 129 Å². The average Bonchev–Trinajstić information content (AvgIpc) is 1.00. The fraction of sp³-hybridized carbons (Fsp3) is 0.111. The summed E-state index contributed by atoms with van der Waals surface area (Å²) in [4.78, 5) is 115. The molecule has 22 aromatic rings. The van der Waals surface area contributed by atoms with E-state index >= 15 is 0 Å². The van der Waals surface area contributed by atoms with Gasteiger partial charge in [0.15, 0.2) is 23.3 Å². The highest BCUT2D eigenvalue weighted by Gasteiger charge is 2.27. The van der Waals surface area contributed by atoms with Gasteiger partial charge in [0, 0.05) is 81.8 Å². The van der Waals surface area contributed by atoms with Crippen LogP contribution < -0.4 is 43.5 Å². The summed E-state index contributed by atoms with van der Waals surface area (Å²) in [6.07, 6.45) is 11.6. The van der Waals surface area contributed by atoms with Crippen LogP contribution in [-0.4, -0.2) is 92.8 Å². The second kappa shape index (κ2) is 37.4. The summed E-state index contributed by atoms with van der Waals surface area (Å²) in [5, 5.41) is 24.6. The third-order valence-electron chi connectivity index (χ3n) is 22.5. The molecule has 0 saturated carbocycles. The van der Waals surface area contributed by atoms with Crippen molar-refractivity contribution in [1.29, 1.82) is 0 Å². The molecule has 0 aliphatic heterocycles. The maximum Gasteiger partial charge on any atom is 0.264 e. The molecule has 650 valence electrons. The molecule has 0 bridgehead atoms. The van der Waals surface area contributed by atoms with Gasteiger partial charge < -0.3 is 21.3 Å². The van der Waals surface area contributed by atoms with Crippen LogP contribution in [0.15, 0.2) is 310 Å². The maximum atomic E-state index is 14.2. The third-order valence-corrected chi connectivity index (χ3v) is 26.0. The van der Waals surface area contributed by atoms with Crippen molar-refractivity contribution in [3.63, 3.8) is 0 Å². The Hall–Kier alpha value is -15.4. The SMILES string of the molecule is C[C@H](Nc1ncnc2scnc12)c1cc2cccc(-c3cnn(C)c3)c2c(=O)n1-c1ccccc1.C[C@H](Nc1ncnc2scnc12)c1cc2cccc(Cl)c2c(=O)n1-c1ccccc1.Cc1ccc(-c2cccc3cc([C@H](C)Nc4ncnc5scnc45)n(-c4ccccc4)c(=O)c23)cn1.Cc1cccc(-n2c([C@H](C)Nc3ncnc4scnc34)cc3cccc(Cl)c3c2=O)c1. The number of aromatic nitrogens is 19. The summed E-state index contributed by atoms with van der Waals surface area (Å²) in [5.74, 6) is 2.54. The summed E-state index contributed by atoms with van der Waals surface area (Å²) in [5.41, 5.74) is 21.3. The van der Waals surface area contributed by atoms with E-state index in [1.165, 1.54) is 70.7 Å². The van der Waals surface area contributed by atoms with Gasteiger partial charge in [-0.15, -0.1) is 45.3 Å². The van der Waals surface area contributed by atoms with E-state index < -0.39 is 0 Å². The molecule has 0 saturated heterocycles. The van der Waals surface area contributed by atoms with Crippen LogP contribution in [-0.2, 0) is 7.05 Å². The van der Waals surface area contributed by atoms with Crippen molar-refractivity contribution in [2.24, 2.45) is 7.05 Å². The molecular formula is C99H77Cl2N23O4S4. The molecule has 22 rings (SSSR count). The first kappa shape index (κ1) is 86.0. The van der Waals surface area contributed by atoms with Gasteiger partial charge >= 0.3 is 0 Å². The van der Waals surface area contributed by atoms with E-state index in [4.69, 9.17) is 23.2 Å². The first-order valence-corrected chi connectivity index (χ1v) is 46.1. The second-order valence-electron chi connectivity index (χ2n) is 31.1. The highest BCUT2D eigenvalue weighted by atomic mass is 35.5. The number of nitrogens with one attached hydrogen (secondary N) is 4. The number of para-hydroxylation sites is 3. The highest BCUT2D eigenvalue weighted by molar-refractivity contribution is 7.17. The first-order valence-electron chi connectivity index (χ1n) is 41.8. The molecule has 0 aliphatic carbocycles. The summed E-state index contributed by atoms with van der Waals surface area (Å²) in [6, 6.07) is 70.8. The molecule has 0 spiro atoms. The predicted octanol–water partition coefficient (Wildman–Crippen LogP) is 21.6. The van der Waals surface area contributed by atoms with Gasteiger partial charge in [-0.1, -0.05) is 157 Å². The number of hydrogen-bond donors (Lipinski definition) is 4. The first-order chi connectivity index (χ1) is 64.4. The van der Waals surface area contributed by atoms with Crippen molar-refractivity contribution in [3.05, 3.63) is 376 Å². The fourth-order valence-electron chi connectivity index (χ4n) is 16.3. The summed E-state index contributed by atoms with van der Waals surface area (Å²) < 4.78 is 8.72. The Morgan fingerprint density at radius 2 is 0.644 bits per heavy atom. The van der Waals surface area contributed by atoms with Crippen LogP contribution in [0.5, 0.6) is 0 Å². The molecule has 0 fully saturated rings. The third kappa shape index (κ3) is 17.2. The van der Waals surface area contributed by atoms with Gasteiger partial charge in [-0.25, -0.2) is 59.8 Å². The molecule has 0 aliphatic rings. The second-order valence-corrected chi connectivity index (χ2v) is 35.2. The smallest absolute Gasteiger partial charge is 0.264 e. The van der Waals surface area contributed by atoms with Crippen LogP contribution in [0.3, 0.4) is 0 Å². The van der Waals surface area contributed by atoms with Crippen molar-refractivity contribution in [3.8, 4) is 45.0 Å². The lowest BCUT2D eigenvalue weighted by molar-refractivity contribution is 0.768. The summed E-state index contributed by atoms with van der Waals surface area (Å²) >= 11 is 18.6. The number of halogens is 2. The summed E-state index contributed by atoms with van der Waals surface area (Å²) in [7, 11) is 1.87. The molecule has 8 aromatic carbocycles. The Labute approximate surface area is 778 Å². The van der Waals surface area contributed by atoms with E-state index in [0.29, 0.717) is 65.9 Å². The van der Waals surface area contributed by atoms with E-state index in [-0.39, 0.29) is 46.4 Å². The maximum absolute atomic E-state index is 14.2. The van der Waals surface area contributed by atoms with E-state index in [1.807, 2.05) is 261 Å². The Bertz CT molecular complexity index is 8360. The standard InChI is InChI=1S/C28H22N6OS.C26H21N7OS.C23H18ClN5OS.C22H16ClN5OS/c1-17-11-12-20(14-29-17)22-10-6-7-19-13-23(34(28(35)24(19)22)21-8-4-3-5-9-21)18(2)33-26-25-27(31-15-30-26)36-16-32-25;1-16(31-24-23-25(28-14-27-24)35-15-29-23)21-11-17-7-6-10-20(18-12-30-32(2)13-18)22(17)26(34)33(21)19-8-4-3-5-9-19;1-13-5-3-7-16(9-13)29-18(10-15-6-4-8-17(24)19(15)23(29)30)14(2)28-21-20-22(26-11-25-21)31-12-27-20;1-13(27-20-19-21(25-11-24-20)30-12-26-19)17-10-14-6-5-9-16(23)18(14)22(29)28(17)15-7-3-2-4-8-15/h3-16,18H,1-2H3,(H,30,31,33);3-16H,1-2H3,(H,27,28,31);3-12,14H,1-2H3,(H,25,26,28);2-13H,1H3,(H,24,25,27)/t18-;16-;14-;13-/m0000/s1. The Balaban J connectivity index is 0.000000114. The summed E-state index contributed by atoms with van der Waals surface area (Å²) in [6.45, 7) is 12.0. The van der Waals surface area contributed by atoms with Crippen LogP contribution in [0.2, 0.25) is 10.0 Å². The normalized spacial score (nSPS) is 12.3. The highest BCUT2D eigenvalue weighted by Crippen LogP contribution is 2.38. The van der Waals surface area contributed by atoms with Gasteiger partial charge in [0.1, 0.15) is 66.7 Å². The lowest BCUT2D eigenvalue weighted by Gasteiger charge is -2.22. The minimum absolute atomic E-state index is 0.0833. The molecule has 4 N–H and O–H groups in total. The van der Waals surface area contributed by atoms with Crippen LogP contribution in [0.4, 0.5) is 23.3 Å². The number of aryl methyl sites for hydroxylation is 3. The molecule has 0 unspecified atom stereocenters. The van der Waals surface area contributed by atoms with Gasteiger partial charge in [-0.2, -0.15) is 5.10 Å². The molecular weight excluding hydrogens is 1770 g/mol. The number of fused-ring (bicyclic) bond motifs is 8. The van der Waals surface area contributed by atoms with Gasteiger partial charge in [0.2, 0.25) is 0 Å². The Morgan fingerprint density at radius 3 is 0.985 bits per heavy atom. The number of anilines is 4. The largest absolute Gasteiger partial charge is 0.360 e. The zero-order valence-electron chi connectivity index (χ0n) is 71.5. The molecule has 14 aromatic heterocycles. The van der Waals surface area contributed by atoms with Crippen LogP contribution in [0, 0.1) is 13.8 Å². The molecule has 4 atom stereocenters. The van der Waals surface area contributed by atoms with Crippen molar-refractivity contribution >= 4 is 176 Å². The minimum Gasteiger partial charge on any atom is -0.360 e. The fourth-order valence-corrected chi connectivity index (χ4v) is 19.3. The number of thiazole rings is 4. The van der Waals surface area contributed by atoms with E-state index in [1.54, 1.807) is 63.3 Å². The van der Waals surface area contributed by atoms with Gasteiger partial charge in [0.25, 0.3) is 22.2 Å². The topological polar surface area (TPSA) is 322 Å². The van der Waals surface area contributed by atoms with E-state index in [0.717, 1.165) is 131 Å². The van der Waals surface area contributed by atoms with E-state index in [9.17, 15) is 19.2 Å². The molecule has 27 nitrogen and oxygen atoms in total. The zero-order chi connectivity index (χ0) is 90.8. The molecule has 0 amide bonds. The van der Waals surface area contributed by atoms with Crippen LogP contribution >= 0.6 is 68.5 Å². The number of rotatable bonds is 18. The van der Waals surface area contributed by atoms with Crippen LogP contribution in [0.1, 0.15) is 85.9 Å². The van der Waals surface area contributed by atoms with Crippen molar-refractivity contribution in [2.75, 3.05) is 21.3 Å². The molecule has 33 heteroatoms. The number of hydrogen-bond acceptors (Lipinski definition) is 26. The van der Waals surface area contributed by atoms with Gasteiger partial charge in [-0.05, 0) is 171 Å². The van der Waals surface area contributed by atoms with Gasteiger partial charge in [0.05, 0.1) is 84.0 Å². The molecule has 132 heavy (non-hydrogen) atoms. The quantitative estimate of drug-likeness (QED) is 0.0620. The van der Waals surface area contributed by atoms with Crippen molar-refractivity contribution in [1.82, 2.24) is 92.8 Å². The predicted molar refractivity (Wildman–Crippen MR) is 532 cm³/mol. The number of nitrogens with zero attached hydrogens (tertiary/aromatic N) is 19. The zero-order valence-corrected chi connectivity index (χ0v) is 76.3. The van der Waals surface area contributed by atoms with Crippen molar-refractivity contribution in [2.45, 2.75) is 65.7 Å². The molecule has 14 heterocycles. The van der Waals surface area contributed by atoms with Crippen molar-refractivity contribution < 1.29 is 0 Å².